The van der Waals surface area contributed by atoms with Gasteiger partial charge in [-0.2, -0.15) is 0 Å². The number of piperazine rings is 1. The highest BCUT2D eigenvalue weighted by atomic mass is 15.2. The summed E-state index contributed by atoms with van der Waals surface area (Å²) in [6, 6.07) is 2.28. The highest BCUT2D eigenvalue weighted by Crippen LogP contribution is 2.22. The zero-order valence-electron chi connectivity index (χ0n) is 9.89. The van der Waals surface area contributed by atoms with E-state index in [1.54, 1.807) is 0 Å². The summed E-state index contributed by atoms with van der Waals surface area (Å²) in [4.78, 5) is 11.3. The molecule has 4 heteroatoms. The lowest BCUT2D eigenvalue weighted by atomic mass is 10.1. The molecule has 1 unspecified atom stereocenters. The van der Waals surface area contributed by atoms with E-state index in [0.29, 0.717) is 6.04 Å². The third-order valence-corrected chi connectivity index (χ3v) is 3.04. The molecule has 1 N–H and O–H groups in total. The van der Waals surface area contributed by atoms with Crippen molar-refractivity contribution >= 4 is 0 Å². The summed E-state index contributed by atoms with van der Waals surface area (Å²) >= 11 is 0. The Kier molecular flexibility index (Phi) is 4.25. The number of aromatic nitrogens is 2. The van der Waals surface area contributed by atoms with Crippen molar-refractivity contribution in [1.82, 2.24) is 20.2 Å². The average molecular weight is 220 g/mol. The second kappa shape index (κ2) is 5.92. The normalized spacial score (nSPS) is 19.6. The fraction of sp³-hybridized carbons (Fsp3) is 0.667. The van der Waals surface area contributed by atoms with E-state index in [0.717, 1.165) is 38.4 Å². The fourth-order valence-electron chi connectivity index (χ4n) is 2.22. The Hall–Kier alpha value is -1.00. The standard InChI is InChI=1S/C12H20N4/c1-2-4-11(12-14-5-3-6-15-12)16-9-7-13-8-10-16/h3,5-6,11,13H,2,4,7-10H2,1H3. The number of nitrogens with zero attached hydrogens (tertiary/aromatic N) is 3. The van der Waals surface area contributed by atoms with E-state index in [4.69, 9.17) is 0 Å². The minimum absolute atomic E-state index is 0.397. The molecule has 0 spiro atoms. The molecule has 16 heavy (non-hydrogen) atoms. The molecule has 0 aliphatic carbocycles. The van der Waals surface area contributed by atoms with Gasteiger partial charge in [-0.15, -0.1) is 0 Å². The van der Waals surface area contributed by atoms with Gasteiger partial charge in [-0.25, -0.2) is 9.97 Å². The van der Waals surface area contributed by atoms with E-state index in [9.17, 15) is 0 Å². The van der Waals surface area contributed by atoms with Crippen LogP contribution in [0.2, 0.25) is 0 Å². The summed E-state index contributed by atoms with van der Waals surface area (Å²) in [5, 5.41) is 3.38. The van der Waals surface area contributed by atoms with Crippen molar-refractivity contribution in [2.45, 2.75) is 25.8 Å². The molecule has 0 bridgehead atoms. The SMILES string of the molecule is CCCC(c1ncccn1)N1CCNCC1. The van der Waals surface area contributed by atoms with Gasteiger partial charge >= 0.3 is 0 Å². The summed E-state index contributed by atoms with van der Waals surface area (Å²) in [5.41, 5.74) is 0. The molecule has 1 saturated heterocycles. The van der Waals surface area contributed by atoms with E-state index < -0.39 is 0 Å². The van der Waals surface area contributed by atoms with Crippen LogP contribution in [-0.4, -0.2) is 41.0 Å². The van der Waals surface area contributed by atoms with E-state index in [2.05, 4.69) is 27.1 Å². The van der Waals surface area contributed by atoms with Crippen molar-refractivity contribution in [3.05, 3.63) is 24.3 Å². The van der Waals surface area contributed by atoms with Gasteiger partial charge < -0.3 is 5.32 Å². The molecule has 4 nitrogen and oxygen atoms in total. The summed E-state index contributed by atoms with van der Waals surface area (Å²) in [7, 11) is 0. The Bertz CT molecular complexity index is 295. The monoisotopic (exact) mass is 220 g/mol. The van der Waals surface area contributed by atoms with Crippen molar-refractivity contribution in [1.29, 1.82) is 0 Å². The van der Waals surface area contributed by atoms with E-state index in [1.165, 1.54) is 6.42 Å². The molecule has 1 atom stereocenters. The maximum atomic E-state index is 4.40. The lowest BCUT2D eigenvalue weighted by Crippen LogP contribution is -2.45. The van der Waals surface area contributed by atoms with Crippen LogP contribution in [0.5, 0.6) is 0 Å². The predicted molar refractivity (Wildman–Crippen MR) is 64.1 cm³/mol. The second-order valence-electron chi connectivity index (χ2n) is 4.20. The first-order chi connectivity index (χ1) is 7.92. The third kappa shape index (κ3) is 2.77. The predicted octanol–water partition coefficient (Wildman–Crippen LogP) is 1.22. The van der Waals surface area contributed by atoms with Gasteiger partial charge in [-0.05, 0) is 12.5 Å². The largest absolute Gasteiger partial charge is 0.314 e. The van der Waals surface area contributed by atoms with E-state index >= 15 is 0 Å². The van der Waals surface area contributed by atoms with Gasteiger partial charge in [0.05, 0.1) is 6.04 Å². The van der Waals surface area contributed by atoms with Gasteiger partial charge in [0.15, 0.2) is 0 Å². The topological polar surface area (TPSA) is 41.1 Å². The zero-order valence-corrected chi connectivity index (χ0v) is 9.89. The Morgan fingerprint density at radius 1 is 1.31 bits per heavy atom. The van der Waals surface area contributed by atoms with Crippen molar-refractivity contribution < 1.29 is 0 Å². The van der Waals surface area contributed by atoms with Crippen molar-refractivity contribution in [2.24, 2.45) is 0 Å². The Morgan fingerprint density at radius 2 is 2.00 bits per heavy atom. The highest BCUT2D eigenvalue weighted by Gasteiger charge is 2.22. The lowest BCUT2D eigenvalue weighted by Gasteiger charge is -2.33. The average Bonchev–Trinajstić information content (AvgIpc) is 2.38. The van der Waals surface area contributed by atoms with Crippen molar-refractivity contribution in [3.8, 4) is 0 Å². The molecular formula is C12H20N4. The van der Waals surface area contributed by atoms with Crippen molar-refractivity contribution in [3.63, 3.8) is 0 Å². The van der Waals surface area contributed by atoms with Crippen LogP contribution in [0, 0.1) is 0 Å². The van der Waals surface area contributed by atoms with Crippen LogP contribution in [0.3, 0.4) is 0 Å². The summed E-state index contributed by atoms with van der Waals surface area (Å²) in [5.74, 6) is 0.978. The molecule has 0 saturated carbocycles. The summed E-state index contributed by atoms with van der Waals surface area (Å²) in [6.45, 7) is 6.57. The highest BCUT2D eigenvalue weighted by molar-refractivity contribution is 4.97. The summed E-state index contributed by atoms with van der Waals surface area (Å²) in [6.07, 6.45) is 6.00. The van der Waals surface area contributed by atoms with Crippen LogP contribution < -0.4 is 5.32 Å². The van der Waals surface area contributed by atoms with E-state index in [1.807, 2.05) is 18.5 Å². The van der Waals surface area contributed by atoms with Gasteiger partial charge in [0, 0.05) is 38.6 Å². The quantitative estimate of drug-likeness (QED) is 0.828. The van der Waals surface area contributed by atoms with Gasteiger partial charge in [-0.1, -0.05) is 13.3 Å². The number of hydrogen-bond acceptors (Lipinski definition) is 4. The van der Waals surface area contributed by atoms with E-state index in [-0.39, 0.29) is 0 Å². The molecule has 0 radical (unpaired) electrons. The van der Waals surface area contributed by atoms with Crippen LogP contribution in [0.15, 0.2) is 18.5 Å². The molecule has 1 aliphatic heterocycles. The van der Waals surface area contributed by atoms with Gasteiger partial charge in [0.2, 0.25) is 0 Å². The Labute approximate surface area is 97.1 Å². The third-order valence-electron chi connectivity index (χ3n) is 3.04. The number of rotatable bonds is 4. The maximum Gasteiger partial charge on any atom is 0.145 e. The van der Waals surface area contributed by atoms with Crippen LogP contribution in [0.1, 0.15) is 31.6 Å². The Morgan fingerprint density at radius 3 is 2.62 bits per heavy atom. The van der Waals surface area contributed by atoms with Gasteiger partial charge in [0.25, 0.3) is 0 Å². The molecule has 0 amide bonds. The van der Waals surface area contributed by atoms with Crippen LogP contribution in [-0.2, 0) is 0 Å². The second-order valence-corrected chi connectivity index (χ2v) is 4.20. The number of hydrogen-bond donors (Lipinski definition) is 1. The molecule has 88 valence electrons. The summed E-state index contributed by atoms with van der Waals surface area (Å²) < 4.78 is 0. The Balaban J connectivity index is 2.09. The van der Waals surface area contributed by atoms with Crippen LogP contribution in [0.4, 0.5) is 0 Å². The molecule has 1 aromatic heterocycles. The van der Waals surface area contributed by atoms with Crippen LogP contribution in [0.25, 0.3) is 0 Å². The smallest absolute Gasteiger partial charge is 0.145 e. The maximum absolute atomic E-state index is 4.40. The lowest BCUT2D eigenvalue weighted by molar-refractivity contribution is 0.158. The first kappa shape index (κ1) is 11.5. The molecule has 0 aromatic carbocycles. The molecule has 1 aromatic rings. The number of nitrogens with one attached hydrogen (secondary N) is 1. The first-order valence-electron chi connectivity index (χ1n) is 6.13. The molecule has 2 heterocycles. The zero-order chi connectivity index (χ0) is 11.2. The van der Waals surface area contributed by atoms with Gasteiger partial charge in [0.1, 0.15) is 5.82 Å². The minimum atomic E-state index is 0.397. The molecule has 2 rings (SSSR count). The molecule has 1 fully saturated rings. The van der Waals surface area contributed by atoms with Crippen molar-refractivity contribution in [2.75, 3.05) is 26.2 Å². The van der Waals surface area contributed by atoms with Gasteiger partial charge in [-0.3, -0.25) is 4.90 Å². The molecule has 1 aliphatic rings. The first-order valence-corrected chi connectivity index (χ1v) is 6.13. The van der Waals surface area contributed by atoms with Crippen LogP contribution >= 0.6 is 0 Å². The molecular weight excluding hydrogens is 200 g/mol. The fourth-order valence-corrected chi connectivity index (χ4v) is 2.22. The minimum Gasteiger partial charge on any atom is -0.314 e.